The quantitative estimate of drug-likeness (QED) is 0.484. The second kappa shape index (κ2) is 6.74. The lowest BCUT2D eigenvalue weighted by Crippen LogP contribution is -2.01. The highest BCUT2D eigenvalue weighted by Crippen LogP contribution is 2.18. The minimum absolute atomic E-state index is 0.0607. The number of nitriles is 1. The second-order valence-corrected chi connectivity index (χ2v) is 4.72. The van der Waals surface area contributed by atoms with Gasteiger partial charge in [0, 0.05) is 10.6 Å². The summed E-state index contributed by atoms with van der Waals surface area (Å²) in [5, 5.41) is 9.75. The first-order chi connectivity index (χ1) is 10.1. The fourth-order valence-corrected chi connectivity index (χ4v) is 1.93. The van der Waals surface area contributed by atoms with E-state index in [9.17, 15) is 10.1 Å². The van der Waals surface area contributed by atoms with E-state index < -0.39 is 0 Å². The molecule has 0 aliphatic carbocycles. The maximum absolute atomic E-state index is 12.3. The van der Waals surface area contributed by atoms with E-state index in [0.717, 1.165) is 5.56 Å². The molecule has 0 saturated carbocycles. The van der Waals surface area contributed by atoms with Crippen molar-refractivity contribution in [2.45, 2.75) is 0 Å². The van der Waals surface area contributed by atoms with Crippen molar-refractivity contribution in [3.05, 3.63) is 70.3 Å². The fraction of sp³-hybridized carbons (Fsp3) is 0.0588. The number of hydrogen-bond acceptors (Lipinski definition) is 3. The molecule has 0 bridgehead atoms. The van der Waals surface area contributed by atoms with Gasteiger partial charge in [-0.1, -0.05) is 23.7 Å². The van der Waals surface area contributed by atoms with Crippen LogP contribution in [0, 0.1) is 11.3 Å². The standard InChI is InChI=1S/C17H12ClNO2/c1-21-16-4-2-3-12(10-16)9-14(11-19)17(20)13-5-7-15(18)8-6-13/h2-10H,1H3/b14-9+. The highest BCUT2D eigenvalue weighted by molar-refractivity contribution is 6.30. The Morgan fingerprint density at radius 3 is 2.57 bits per heavy atom. The van der Waals surface area contributed by atoms with Crippen molar-refractivity contribution in [3.63, 3.8) is 0 Å². The minimum atomic E-state index is -0.336. The molecule has 0 saturated heterocycles. The first-order valence-corrected chi connectivity index (χ1v) is 6.58. The van der Waals surface area contributed by atoms with Crippen LogP contribution in [-0.4, -0.2) is 12.9 Å². The normalized spacial score (nSPS) is 10.8. The summed E-state index contributed by atoms with van der Waals surface area (Å²) in [4.78, 5) is 12.3. The Bertz CT molecular complexity index is 727. The van der Waals surface area contributed by atoms with E-state index in [1.807, 2.05) is 6.07 Å². The molecule has 0 atom stereocenters. The van der Waals surface area contributed by atoms with Gasteiger partial charge >= 0.3 is 0 Å². The number of Topliss-reactive ketones (excluding diaryl/α,β-unsaturated/α-hetero) is 1. The van der Waals surface area contributed by atoms with Crippen molar-refractivity contribution >= 4 is 23.5 Å². The third kappa shape index (κ3) is 3.71. The van der Waals surface area contributed by atoms with Crippen molar-refractivity contribution in [3.8, 4) is 11.8 Å². The van der Waals surface area contributed by atoms with Crippen LogP contribution in [0.2, 0.25) is 5.02 Å². The molecule has 0 amide bonds. The largest absolute Gasteiger partial charge is 0.497 e. The molecule has 3 nitrogen and oxygen atoms in total. The topological polar surface area (TPSA) is 50.1 Å². The van der Waals surface area contributed by atoms with Gasteiger partial charge in [-0.15, -0.1) is 0 Å². The van der Waals surface area contributed by atoms with Gasteiger partial charge in [0.05, 0.1) is 7.11 Å². The van der Waals surface area contributed by atoms with Crippen molar-refractivity contribution in [1.82, 2.24) is 0 Å². The molecule has 0 spiro atoms. The number of carbonyl (C=O) groups excluding carboxylic acids is 1. The zero-order valence-corrected chi connectivity index (χ0v) is 12.1. The Hall–Kier alpha value is -2.57. The van der Waals surface area contributed by atoms with Gasteiger partial charge in [-0.3, -0.25) is 4.79 Å². The van der Waals surface area contributed by atoms with Crippen LogP contribution in [0.25, 0.3) is 6.08 Å². The Morgan fingerprint density at radius 1 is 1.24 bits per heavy atom. The number of benzene rings is 2. The van der Waals surface area contributed by atoms with Gasteiger partial charge in [-0.2, -0.15) is 5.26 Å². The third-order valence-electron chi connectivity index (χ3n) is 2.88. The number of ether oxygens (including phenoxy) is 1. The van der Waals surface area contributed by atoms with E-state index >= 15 is 0 Å². The number of methoxy groups -OCH3 is 1. The number of nitrogens with zero attached hydrogens (tertiary/aromatic N) is 1. The van der Waals surface area contributed by atoms with Crippen molar-refractivity contribution in [2.75, 3.05) is 7.11 Å². The van der Waals surface area contributed by atoms with Crippen molar-refractivity contribution in [1.29, 1.82) is 5.26 Å². The lowest BCUT2D eigenvalue weighted by atomic mass is 10.0. The number of halogens is 1. The van der Waals surface area contributed by atoms with Crippen LogP contribution in [0.1, 0.15) is 15.9 Å². The van der Waals surface area contributed by atoms with Crippen LogP contribution < -0.4 is 4.74 Å². The molecule has 21 heavy (non-hydrogen) atoms. The Balaban J connectivity index is 2.34. The van der Waals surface area contributed by atoms with Gasteiger partial charge in [0.25, 0.3) is 0 Å². The summed E-state index contributed by atoms with van der Waals surface area (Å²) in [7, 11) is 1.56. The molecule has 2 aromatic carbocycles. The molecule has 0 heterocycles. The molecule has 2 aromatic rings. The predicted octanol–water partition coefficient (Wildman–Crippen LogP) is 4.14. The second-order valence-electron chi connectivity index (χ2n) is 4.28. The summed E-state index contributed by atoms with van der Waals surface area (Å²) in [6, 6.07) is 15.5. The van der Waals surface area contributed by atoms with Gasteiger partial charge < -0.3 is 4.74 Å². The molecule has 0 aliphatic rings. The van der Waals surface area contributed by atoms with Crippen LogP contribution in [-0.2, 0) is 0 Å². The number of allylic oxidation sites excluding steroid dienone is 1. The smallest absolute Gasteiger partial charge is 0.203 e. The average Bonchev–Trinajstić information content (AvgIpc) is 2.53. The zero-order valence-electron chi connectivity index (χ0n) is 11.3. The molecule has 0 aliphatic heterocycles. The lowest BCUT2D eigenvalue weighted by molar-refractivity contribution is 0.104. The SMILES string of the molecule is COc1cccc(/C=C(\C#N)C(=O)c2ccc(Cl)cc2)c1. The molecule has 0 radical (unpaired) electrons. The fourth-order valence-electron chi connectivity index (χ4n) is 1.80. The summed E-state index contributed by atoms with van der Waals surface area (Å²) in [5.74, 6) is 0.331. The Morgan fingerprint density at radius 2 is 1.95 bits per heavy atom. The maximum atomic E-state index is 12.3. The van der Waals surface area contributed by atoms with E-state index in [0.29, 0.717) is 16.3 Å². The van der Waals surface area contributed by atoms with Gasteiger partial charge in [0.2, 0.25) is 5.78 Å². The molecule has 4 heteroatoms. The number of rotatable bonds is 4. The van der Waals surface area contributed by atoms with Crippen molar-refractivity contribution in [2.24, 2.45) is 0 Å². The highest BCUT2D eigenvalue weighted by atomic mass is 35.5. The lowest BCUT2D eigenvalue weighted by Gasteiger charge is -2.02. The highest BCUT2D eigenvalue weighted by Gasteiger charge is 2.12. The molecule has 0 fully saturated rings. The number of carbonyl (C=O) groups is 1. The van der Waals surface area contributed by atoms with Gasteiger partial charge in [0.15, 0.2) is 0 Å². The molecule has 0 N–H and O–H groups in total. The van der Waals surface area contributed by atoms with Crippen LogP contribution in [0.5, 0.6) is 5.75 Å². The molecule has 0 aromatic heterocycles. The van der Waals surface area contributed by atoms with E-state index in [4.69, 9.17) is 16.3 Å². The minimum Gasteiger partial charge on any atom is -0.497 e. The van der Waals surface area contributed by atoms with Crippen molar-refractivity contribution < 1.29 is 9.53 Å². The number of ketones is 1. The molecule has 104 valence electrons. The van der Waals surface area contributed by atoms with E-state index in [2.05, 4.69) is 0 Å². The predicted molar refractivity (Wildman–Crippen MR) is 82.4 cm³/mol. The maximum Gasteiger partial charge on any atom is 0.203 e. The molecular weight excluding hydrogens is 286 g/mol. The van der Waals surface area contributed by atoms with E-state index in [1.54, 1.807) is 61.7 Å². The van der Waals surface area contributed by atoms with E-state index in [1.165, 1.54) is 0 Å². The summed E-state index contributed by atoms with van der Waals surface area (Å²) in [6.45, 7) is 0. The molecule has 0 unspecified atom stereocenters. The summed E-state index contributed by atoms with van der Waals surface area (Å²) in [6.07, 6.45) is 1.54. The van der Waals surface area contributed by atoms with Gasteiger partial charge in [-0.25, -0.2) is 0 Å². The van der Waals surface area contributed by atoms with Crippen LogP contribution in [0.15, 0.2) is 54.1 Å². The summed E-state index contributed by atoms with van der Waals surface area (Å²) >= 11 is 5.79. The monoisotopic (exact) mass is 297 g/mol. The van der Waals surface area contributed by atoms with E-state index in [-0.39, 0.29) is 11.4 Å². The van der Waals surface area contributed by atoms with Gasteiger partial charge in [0.1, 0.15) is 17.4 Å². The third-order valence-corrected chi connectivity index (χ3v) is 3.13. The van der Waals surface area contributed by atoms with Crippen LogP contribution >= 0.6 is 11.6 Å². The van der Waals surface area contributed by atoms with Crippen LogP contribution in [0.3, 0.4) is 0 Å². The average molecular weight is 298 g/mol. The summed E-state index contributed by atoms with van der Waals surface area (Å²) < 4.78 is 5.12. The Kier molecular flexibility index (Phi) is 4.76. The summed E-state index contributed by atoms with van der Waals surface area (Å²) in [5.41, 5.74) is 1.22. The zero-order chi connectivity index (χ0) is 15.2. The van der Waals surface area contributed by atoms with Crippen LogP contribution in [0.4, 0.5) is 0 Å². The van der Waals surface area contributed by atoms with Gasteiger partial charge in [-0.05, 0) is 48.0 Å². The molecular formula is C17H12ClNO2. The number of hydrogen-bond donors (Lipinski definition) is 0. The first-order valence-electron chi connectivity index (χ1n) is 6.20. The Labute approximate surface area is 128 Å². The first kappa shape index (κ1) is 14.8. The molecule has 2 rings (SSSR count).